The topological polar surface area (TPSA) is 49.9 Å². The van der Waals surface area contributed by atoms with Gasteiger partial charge in [-0.1, -0.05) is 55.5 Å². The number of methoxy groups -OCH3 is 1. The van der Waals surface area contributed by atoms with E-state index in [1.165, 1.54) is 5.56 Å². The van der Waals surface area contributed by atoms with Crippen molar-refractivity contribution in [3.8, 4) is 5.75 Å². The van der Waals surface area contributed by atoms with Gasteiger partial charge in [-0.3, -0.25) is 9.59 Å². The van der Waals surface area contributed by atoms with Gasteiger partial charge >= 0.3 is 0 Å². The normalized spacial score (nSPS) is 15.1. The number of para-hydroxylation sites is 1. The zero-order chi connectivity index (χ0) is 20.6. The van der Waals surface area contributed by atoms with Gasteiger partial charge in [0.15, 0.2) is 0 Å². The second kappa shape index (κ2) is 10.1. The Kier molecular flexibility index (Phi) is 7.28. The first-order chi connectivity index (χ1) is 14.1. The maximum atomic E-state index is 12.8. The van der Waals surface area contributed by atoms with Gasteiger partial charge in [-0.25, -0.2) is 0 Å². The van der Waals surface area contributed by atoms with Crippen molar-refractivity contribution in [1.29, 1.82) is 0 Å². The SMILES string of the molecule is COc1ccccc1CCC(=O)N1CCN(C(=O)C(C)Cc2ccccc2)CC1. The minimum Gasteiger partial charge on any atom is -0.496 e. The van der Waals surface area contributed by atoms with E-state index in [0.29, 0.717) is 39.0 Å². The monoisotopic (exact) mass is 394 g/mol. The molecule has 1 saturated heterocycles. The fourth-order valence-electron chi connectivity index (χ4n) is 3.85. The number of hydrogen-bond acceptors (Lipinski definition) is 3. The molecule has 0 saturated carbocycles. The van der Waals surface area contributed by atoms with Crippen LogP contribution >= 0.6 is 0 Å². The van der Waals surface area contributed by atoms with E-state index in [1.54, 1.807) is 7.11 Å². The molecular weight excluding hydrogens is 364 g/mol. The first-order valence-electron chi connectivity index (χ1n) is 10.3. The van der Waals surface area contributed by atoms with Crippen molar-refractivity contribution in [3.05, 3.63) is 65.7 Å². The average Bonchev–Trinajstić information content (AvgIpc) is 2.78. The molecule has 1 heterocycles. The van der Waals surface area contributed by atoms with Crippen molar-refractivity contribution in [2.24, 2.45) is 5.92 Å². The van der Waals surface area contributed by atoms with Gasteiger partial charge in [0.1, 0.15) is 5.75 Å². The van der Waals surface area contributed by atoms with Crippen LogP contribution in [0.1, 0.15) is 24.5 Å². The molecule has 1 unspecified atom stereocenters. The molecule has 0 N–H and O–H groups in total. The Bertz CT molecular complexity index is 814. The number of carbonyl (C=O) groups is 2. The molecular formula is C24H30N2O3. The lowest BCUT2D eigenvalue weighted by atomic mass is 9.99. The molecule has 154 valence electrons. The van der Waals surface area contributed by atoms with Crippen LogP contribution in [-0.4, -0.2) is 54.9 Å². The third-order valence-corrected chi connectivity index (χ3v) is 5.55. The first kappa shape index (κ1) is 20.9. The molecule has 0 bridgehead atoms. The Morgan fingerprint density at radius 3 is 2.24 bits per heavy atom. The smallest absolute Gasteiger partial charge is 0.225 e. The summed E-state index contributed by atoms with van der Waals surface area (Å²) in [5.41, 5.74) is 2.23. The number of aryl methyl sites for hydroxylation is 1. The van der Waals surface area contributed by atoms with Crippen LogP contribution in [0.15, 0.2) is 54.6 Å². The summed E-state index contributed by atoms with van der Waals surface area (Å²) in [4.78, 5) is 29.1. The molecule has 0 radical (unpaired) electrons. The van der Waals surface area contributed by atoms with E-state index in [0.717, 1.165) is 17.7 Å². The third kappa shape index (κ3) is 5.59. The Labute approximate surface area is 173 Å². The number of carbonyl (C=O) groups excluding carboxylic acids is 2. The standard InChI is InChI=1S/C24H30N2O3/c1-19(18-20-8-4-3-5-9-20)24(28)26-16-14-25(15-17-26)23(27)13-12-21-10-6-7-11-22(21)29-2/h3-11,19H,12-18H2,1-2H3. The van der Waals surface area contributed by atoms with Crippen LogP contribution in [0, 0.1) is 5.92 Å². The molecule has 5 nitrogen and oxygen atoms in total. The molecule has 2 aromatic rings. The lowest BCUT2D eigenvalue weighted by molar-refractivity contribution is -0.141. The predicted octanol–water partition coefficient (Wildman–Crippen LogP) is 3.18. The maximum absolute atomic E-state index is 12.8. The van der Waals surface area contributed by atoms with Gasteiger partial charge in [0.05, 0.1) is 7.11 Å². The van der Waals surface area contributed by atoms with Gasteiger partial charge in [-0.05, 0) is 30.0 Å². The Hall–Kier alpha value is -2.82. The van der Waals surface area contributed by atoms with Crippen molar-refractivity contribution in [2.75, 3.05) is 33.3 Å². The summed E-state index contributed by atoms with van der Waals surface area (Å²) >= 11 is 0. The molecule has 0 spiro atoms. The largest absolute Gasteiger partial charge is 0.496 e. The van der Waals surface area contributed by atoms with Gasteiger partial charge in [0.25, 0.3) is 0 Å². The highest BCUT2D eigenvalue weighted by Gasteiger charge is 2.26. The van der Waals surface area contributed by atoms with Crippen LogP contribution in [0.2, 0.25) is 0 Å². The van der Waals surface area contributed by atoms with Crippen LogP contribution in [0.4, 0.5) is 0 Å². The maximum Gasteiger partial charge on any atom is 0.225 e. The molecule has 3 rings (SSSR count). The number of nitrogens with zero attached hydrogens (tertiary/aromatic N) is 2. The van der Waals surface area contributed by atoms with Gasteiger partial charge < -0.3 is 14.5 Å². The van der Waals surface area contributed by atoms with E-state index in [2.05, 4.69) is 12.1 Å². The van der Waals surface area contributed by atoms with Crippen LogP contribution in [0.5, 0.6) is 5.75 Å². The van der Waals surface area contributed by atoms with E-state index in [9.17, 15) is 9.59 Å². The van der Waals surface area contributed by atoms with Crippen molar-refractivity contribution in [3.63, 3.8) is 0 Å². The van der Waals surface area contributed by atoms with Crippen LogP contribution < -0.4 is 4.74 Å². The van der Waals surface area contributed by atoms with Crippen molar-refractivity contribution in [1.82, 2.24) is 9.80 Å². The van der Waals surface area contributed by atoms with Crippen molar-refractivity contribution >= 4 is 11.8 Å². The average molecular weight is 395 g/mol. The molecule has 1 aliphatic heterocycles. The fraction of sp³-hybridized carbons (Fsp3) is 0.417. The summed E-state index contributed by atoms with van der Waals surface area (Å²) < 4.78 is 5.36. The Morgan fingerprint density at radius 2 is 1.55 bits per heavy atom. The molecule has 1 atom stereocenters. The van der Waals surface area contributed by atoms with E-state index < -0.39 is 0 Å². The molecule has 1 aliphatic rings. The number of rotatable bonds is 7. The lowest BCUT2D eigenvalue weighted by Crippen LogP contribution is -2.52. The molecule has 0 aromatic heterocycles. The van der Waals surface area contributed by atoms with Crippen molar-refractivity contribution < 1.29 is 14.3 Å². The molecule has 2 aromatic carbocycles. The second-order valence-electron chi connectivity index (χ2n) is 7.61. The van der Waals surface area contributed by atoms with Gasteiger partial charge in [-0.15, -0.1) is 0 Å². The summed E-state index contributed by atoms with van der Waals surface area (Å²) in [7, 11) is 1.65. The summed E-state index contributed by atoms with van der Waals surface area (Å²) in [5, 5.41) is 0. The number of hydrogen-bond donors (Lipinski definition) is 0. The van der Waals surface area contributed by atoms with Crippen LogP contribution in [0.3, 0.4) is 0 Å². The highest BCUT2D eigenvalue weighted by molar-refractivity contribution is 5.80. The number of ether oxygens (including phenoxy) is 1. The molecule has 0 aliphatic carbocycles. The second-order valence-corrected chi connectivity index (χ2v) is 7.61. The van der Waals surface area contributed by atoms with Crippen LogP contribution in [0.25, 0.3) is 0 Å². The van der Waals surface area contributed by atoms with Crippen LogP contribution in [-0.2, 0) is 22.4 Å². The zero-order valence-corrected chi connectivity index (χ0v) is 17.3. The number of piperazine rings is 1. The predicted molar refractivity (Wildman–Crippen MR) is 114 cm³/mol. The molecule has 1 fully saturated rings. The minimum atomic E-state index is -0.0507. The number of benzene rings is 2. The van der Waals surface area contributed by atoms with Gasteiger partial charge in [0, 0.05) is 38.5 Å². The fourth-order valence-corrected chi connectivity index (χ4v) is 3.85. The molecule has 29 heavy (non-hydrogen) atoms. The van der Waals surface area contributed by atoms with E-state index in [-0.39, 0.29) is 17.7 Å². The highest BCUT2D eigenvalue weighted by atomic mass is 16.5. The summed E-state index contributed by atoms with van der Waals surface area (Å²) in [5.74, 6) is 1.09. The summed E-state index contributed by atoms with van der Waals surface area (Å²) in [6.07, 6.45) is 1.87. The number of amides is 2. The van der Waals surface area contributed by atoms with E-state index in [4.69, 9.17) is 4.74 Å². The Morgan fingerprint density at radius 1 is 0.931 bits per heavy atom. The molecule has 5 heteroatoms. The summed E-state index contributed by atoms with van der Waals surface area (Å²) in [6.45, 7) is 4.42. The highest BCUT2D eigenvalue weighted by Crippen LogP contribution is 2.20. The quantitative estimate of drug-likeness (QED) is 0.725. The van der Waals surface area contributed by atoms with Gasteiger partial charge in [0.2, 0.25) is 11.8 Å². The summed E-state index contributed by atoms with van der Waals surface area (Å²) in [6, 6.07) is 17.9. The third-order valence-electron chi connectivity index (χ3n) is 5.55. The van der Waals surface area contributed by atoms with Gasteiger partial charge in [-0.2, -0.15) is 0 Å². The zero-order valence-electron chi connectivity index (χ0n) is 17.3. The Balaban J connectivity index is 1.45. The van der Waals surface area contributed by atoms with E-state index in [1.807, 2.05) is 59.2 Å². The first-order valence-corrected chi connectivity index (χ1v) is 10.3. The lowest BCUT2D eigenvalue weighted by Gasteiger charge is -2.36. The molecule has 2 amide bonds. The van der Waals surface area contributed by atoms with E-state index >= 15 is 0 Å². The van der Waals surface area contributed by atoms with Crippen molar-refractivity contribution in [2.45, 2.75) is 26.2 Å². The minimum absolute atomic E-state index is 0.0507.